The molecule has 0 unspecified atom stereocenters. The maximum atomic E-state index is 11.9. The number of carbonyl (C=O) groups is 1. The molecule has 1 aliphatic rings. The van der Waals surface area contributed by atoms with Crippen LogP contribution in [0, 0.1) is 5.92 Å². The van der Waals surface area contributed by atoms with E-state index in [9.17, 15) is 4.79 Å². The van der Waals surface area contributed by atoms with Crippen molar-refractivity contribution in [3.05, 3.63) is 18.0 Å². The van der Waals surface area contributed by atoms with Crippen LogP contribution in [0.4, 0.5) is 0 Å². The molecule has 1 saturated heterocycles. The van der Waals surface area contributed by atoms with Crippen molar-refractivity contribution >= 4 is 5.91 Å². The van der Waals surface area contributed by atoms with Crippen LogP contribution in [0.2, 0.25) is 0 Å². The predicted octanol–water partition coefficient (Wildman–Crippen LogP) is 2.06. The molecule has 1 aliphatic heterocycles. The van der Waals surface area contributed by atoms with Gasteiger partial charge in [0.25, 0.3) is 0 Å². The summed E-state index contributed by atoms with van der Waals surface area (Å²) >= 11 is 0. The molecule has 2 heterocycles. The number of ether oxygens (including phenoxy) is 3. The number of rotatable bonds is 9. The lowest BCUT2D eigenvalue weighted by molar-refractivity contribution is -0.127. The number of methoxy groups -OCH3 is 3. The Balaban J connectivity index is 1.70. The lowest BCUT2D eigenvalue weighted by Crippen LogP contribution is -2.28. The minimum absolute atomic E-state index is 0.228. The molecule has 0 saturated carbocycles. The fraction of sp³-hybridized carbons (Fsp3) is 0.550. The second-order valence-electron chi connectivity index (χ2n) is 7.09. The molecule has 29 heavy (non-hydrogen) atoms. The average molecular weight is 404 g/mol. The summed E-state index contributed by atoms with van der Waals surface area (Å²) in [4.78, 5) is 20.4. The van der Waals surface area contributed by atoms with E-state index in [1.165, 1.54) is 0 Å². The molecule has 1 amide bonds. The summed E-state index contributed by atoms with van der Waals surface area (Å²) in [6.07, 6.45) is 0.593. The van der Waals surface area contributed by atoms with E-state index < -0.39 is 0 Å². The maximum absolute atomic E-state index is 11.9. The number of hydrogen-bond donors (Lipinski definition) is 0. The minimum atomic E-state index is 0.228. The Morgan fingerprint density at radius 2 is 1.97 bits per heavy atom. The van der Waals surface area contributed by atoms with Crippen LogP contribution in [0.5, 0.6) is 17.2 Å². The molecule has 1 atom stereocenters. The van der Waals surface area contributed by atoms with Gasteiger partial charge in [0.1, 0.15) is 0 Å². The van der Waals surface area contributed by atoms with E-state index in [0.717, 1.165) is 19.6 Å². The zero-order valence-corrected chi connectivity index (χ0v) is 17.6. The Morgan fingerprint density at radius 1 is 1.21 bits per heavy atom. The van der Waals surface area contributed by atoms with E-state index in [1.54, 1.807) is 27.4 Å². The number of likely N-dealkylation sites (tertiary alicyclic amines) is 1. The van der Waals surface area contributed by atoms with Gasteiger partial charge < -0.3 is 23.6 Å². The summed E-state index contributed by atoms with van der Waals surface area (Å²) in [7, 11) is 6.66. The molecule has 9 heteroatoms. The second-order valence-corrected chi connectivity index (χ2v) is 7.09. The summed E-state index contributed by atoms with van der Waals surface area (Å²) in [5, 5.41) is 4.10. The Hall–Kier alpha value is -2.81. The smallest absolute Gasteiger partial charge is 0.241 e. The second kappa shape index (κ2) is 9.13. The largest absolute Gasteiger partial charge is 0.493 e. The average Bonchev–Trinajstić information content (AvgIpc) is 3.32. The van der Waals surface area contributed by atoms with Crippen LogP contribution >= 0.6 is 0 Å². The van der Waals surface area contributed by atoms with Crippen molar-refractivity contribution in [1.29, 1.82) is 0 Å². The molecular weight excluding hydrogens is 376 g/mol. The Labute approximate surface area is 170 Å². The lowest BCUT2D eigenvalue weighted by atomic mass is 10.1. The van der Waals surface area contributed by atoms with Gasteiger partial charge >= 0.3 is 0 Å². The summed E-state index contributed by atoms with van der Waals surface area (Å²) in [5.41, 5.74) is 0.655. The van der Waals surface area contributed by atoms with Crippen molar-refractivity contribution in [2.24, 2.45) is 5.92 Å². The van der Waals surface area contributed by atoms with E-state index in [1.807, 2.05) is 24.9 Å². The van der Waals surface area contributed by atoms with Crippen LogP contribution in [0.1, 0.15) is 19.2 Å². The Bertz CT molecular complexity index is 853. The van der Waals surface area contributed by atoms with E-state index in [0.29, 0.717) is 53.4 Å². The van der Waals surface area contributed by atoms with E-state index in [4.69, 9.17) is 18.7 Å². The number of hydrogen-bond acceptors (Lipinski definition) is 8. The monoisotopic (exact) mass is 404 g/mol. The van der Waals surface area contributed by atoms with Crippen molar-refractivity contribution in [2.75, 3.05) is 48.0 Å². The number of nitrogens with zero attached hydrogens (tertiary/aromatic N) is 4. The SMILES string of the molecule is CCN1C[C@@H](CN(C)Cc2nc(-c3ccc(OC)c(OC)c3OC)no2)CC1=O. The van der Waals surface area contributed by atoms with Crippen LogP contribution < -0.4 is 14.2 Å². The molecule has 0 radical (unpaired) electrons. The van der Waals surface area contributed by atoms with Gasteiger partial charge in [-0.3, -0.25) is 9.69 Å². The van der Waals surface area contributed by atoms with Gasteiger partial charge in [-0.2, -0.15) is 4.98 Å². The predicted molar refractivity (Wildman–Crippen MR) is 106 cm³/mol. The zero-order valence-electron chi connectivity index (χ0n) is 17.6. The van der Waals surface area contributed by atoms with Gasteiger partial charge in [-0.25, -0.2) is 0 Å². The fourth-order valence-corrected chi connectivity index (χ4v) is 3.72. The van der Waals surface area contributed by atoms with Crippen LogP contribution in [-0.2, 0) is 11.3 Å². The number of aromatic nitrogens is 2. The Kier molecular flexibility index (Phi) is 6.58. The first-order valence-electron chi connectivity index (χ1n) is 9.58. The molecule has 0 aliphatic carbocycles. The number of amides is 1. The zero-order chi connectivity index (χ0) is 21.0. The Morgan fingerprint density at radius 3 is 2.59 bits per heavy atom. The van der Waals surface area contributed by atoms with Gasteiger partial charge in [-0.1, -0.05) is 5.16 Å². The van der Waals surface area contributed by atoms with E-state index in [2.05, 4.69) is 15.0 Å². The molecule has 3 rings (SSSR count). The first-order chi connectivity index (χ1) is 14.0. The van der Waals surface area contributed by atoms with E-state index >= 15 is 0 Å². The molecule has 1 aromatic carbocycles. The van der Waals surface area contributed by atoms with E-state index in [-0.39, 0.29) is 5.91 Å². The highest BCUT2D eigenvalue weighted by Crippen LogP contribution is 2.43. The maximum Gasteiger partial charge on any atom is 0.241 e. The van der Waals surface area contributed by atoms with Crippen LogP contribution in [-0.4, -0.2) is 73.9 Å². The van der Waals surface area contributed by atoms with Gasteiger partial charge in [-0.05, 0) is 32.0 Å². The molecule has 0 bridgehead atoms. The highest BCUT2D eigenvalue weighted by atomic mass is 16.5. The third-order valence-corrected chi connectivity index (χ3v) is 5.06. The third kappa shape index (κ3) is 4.45. The van der Waals surface area contributed by atoms with Crippen LogP contribution in [0.25, 0.3) is 11.4 Å². The van der Waals surface area contributed by atoms with Crippen LogP contribution in [0.15, 0.2) is 16.7 Å². The minimum Gasteiger partial charge on any atom is -0.493 e. The summed E-state index contributed by atoms with van der Waals surface area (Å²) < 4.78 is 21.7. The molecule has 1 fully saturated rings. The summed E-state index contributed by atoms with van der Waals surface area (Å²) in [6.45, 7) is 4.86. The molecule has 1 aromatic heterocycles. The van der Waals surface area contributed by atoms with Crippen LogP contribution in [0.3, 0.4) is 0 Å². The van der Waals surface area contributed by atoms with Crippen molar-refractivity contribution in [1.82, 2.24) is 19.9 Å². The molecule has 0 spiro atoms. The topological polar surface area (TPSA) is 90.2 Å². The lowest BCUT2D eigenvalue weighted by Gasteiger charge is -2.19. The van der Waals surface area contributed by atoms with Crippen molar-refractivity contribution in [3.63, 3.8) is 0 Å². The summed E-state index contributed by atoms with van der Waals surface area (Å²) in [5.74, 6) is 2.98. The standard InChI is InChI=1S/C20H28N4O5/c1-6-24-11-13(9-17(24)25)10-23(2)12-16-21-20(22-29-16)14-7-8-15(26-3)19(28-5)18(14)27-4/h7-8,13H,6,9-12H2,1-5H3/t13-/m1/s1. The third-order valence-electron chi connectivity index (χ3n) is 5.06. The molecule has 158 valence electrons. The van der Waals surface area contributed by atoms with Gasteiger partial charge in [0.2, 0.25) is 23.4 Å². The molecule has 0 N–H and O–H groups in total. The first kappa shape index (κ1) is 20.9. The summed E-state index contributed by atoms with van der Waals surface area (Å²) in [6, 6.07) is 3.58. The fourth-order valence-electron chi connectivity index (χ4n) is 3.72. The normalized spacial score (nSPS) is 16.6. The first-order valence-corrected chi connectivity index (χ1v) is 9.58. The van der Waals surface area contributed by atoms with Gasteiger partial charge in [-0.15, -0.1) is 0 Å². The molecule has 9 nitrogen and oxygen atoms in total. The van der Waals surface area contributed by atoms with Gasteiger partial charge in [0, 0.05) is 26.1 Å². The number of benzene rings is 1. The molecule has 2 aromatic rings. The quantitative estimate of drug-likeness (QED) is 0.627. The van der Waals surface area contributed by atoms with Crippen molar-refractivity contribution in [2.45, 2.75) is 19.9 Å². The highest BCUT2D eigenvalue weighted by molar-refractivity contribution is 5.78. The van der Waals surface area contributed by atoms with Crippen molar-refractivity contribution in [3.8, 4) is 28.6 Å². The van der Waals surface area contributed by atoms with Crippen molar-refractivity contribution < 1.29 is 23.5 Å². The van der Waals surface area contributed by atoms with Gasteiger partial charge in [0.05, 0.1) is 33.4 Å². The van der Waals surface area contributed by atoms with Gasteiger partial charge in [0.15, 0.2) is 11.5 Å². The highest BCUT2D eigenvalue weighted by Gasteiger charge is 2.29. The molecular formula is C20H28N4O5. The number of carbonyl (C=O) groups excluding carboxylic acids is 1.